The Morgan fingerprint density at radius 1 is 1.25 bits per heavy atom. The molecular weight excluding hydrogens is 456 g/mol. The lowest BCUT2D eigenvalue weighted by Gasteiger charge is -2.36. The average Bonchev–Trinajstić information content (AvgIpc) is 3.64. The normalized spacial score (nSPS) is 21.5. The summed E-state index contributed by atoms with van der Waals surface area (Å²) in [6, 6.07) is 6.54. The van der Waals surface area contributed by atoms with Crippen LogP contribution in [-0.4, -0.2) is 68.4 Å². The molecule has 1 amide bonds. The maximum absolute atomic E-state index is 12.3. The molecule has 3 aromatic rings. The summed E-state index contributed by atoms with van der Waals surface area (Å²) in [5, 5.41) is 19.7. The molecule has 1 N–H and O–H groups in total. The Hall–Kier alpha value is -3.17. The van der Waals surface area contributed by atoms with Gasteiger partial charge in [-0.3, -0.25) is 14.2 Å². The van der Waals surface area contributed by atoms with E-state index in [1.54, 1.807) is 6.92 Å². The molecule has 36 heavy (non-hydrogen) atoms. The summed E-state index contributed by atoms with van der Waals surface area (Å²) in [6.45, 7) is 6.19. The Labute approximate surface area is 211 Å². The van der Waals surface area contributed by atoms with Crippen molar-refractivity contribution in [3.63, 3.8) is 0 Å². The molecule has 0 bridgehead atoms. The first kappa shape index (κ1) is 23.2. The number of hydrogen-bond acceptors (Lipinski definition) is 6. The molecule has 9 nitrogen and oxygen atoms in total. The molecular formula is C27H34N6O3. The van der Waals surface area contributed by atoms with Crippen LogP contribution in [0.25, 0.3) is 11.1 Å². The van der Waals surface area contributed by atoms with Crippen molar-refractivity contribution in [2.75, 3.05) is 37.8 Å². The lowest BCUT2D eigenvalue weighted by atomic mass is 9.90. The van der Waals surface area contributed by atoms with Gasteiger partial charge in [-0.2, -0.15) is 10.2 Å². The summed E-state index contributed by atoms with van der Waals surface area (Å²) in [5.74, 6) is 1.59. The fourth-order valence-electron chi connectivity index (χ4n) is 5.90. The minimum atomic E-state index is 0.0944. The van der Waals surface area contributed by atoms with E-state index in [4.69, 9.17) is 9.84 Å². The molecule has 2 aromatic heterocycles. The zero-order valence-electron chi connectivity index (χ0n) is 21.1. The van der Waals surface area contributed by atoms with Crippen molar-refractivity contribution in [2.45, 2.75) is 39.3 Å². The van der Waals surface area contributed by atoms with Gasteiger partial charge in [0.15, 0.2) is 5.82 Å². The van der Waals surface area contributed by atoms with Crippen molar-refractivity contribution >= 4 is 17.4 Å². The lowest BCUT2D eigenvalue weighted by molar-refractivity contribution is -0.129. The summed E-state index contributed by atoms with van der Waals surface area (Å²) in [6.07, 6.45) is 6.58. The van der Waals surface area contributed by atoms with Gasteiger partial charge in [-0.1, -0.05) is 6.07 Å². The van der Waals surface area contributed by atoms with Gasteiger partial charge in [-0.25, -0.2) is 0 Å². The number of ether oxygens (including phenoxy) is 1. The molecule has 1 fully saturated rings. The molecule has 9 heteroatoms. The van der Waals surface area contributed by atoms with Crippen LogP contribution in [0.2, 0.25) is 0 Å². The van der Waals surface area contributed by atoms with Gasteiger partial charge in [-0.15, -0.1) is 0 Å². The van der Waals surface area contributed by atoms with Crippen LogP contribution in [-0.2, 0) is 42.5 Å². The van der Waals surface area contributed by atoms with Gasteiger partial charge in [0, 0.05) is 93.8 Å². The number of aliphatic hydroxyl groups is 1. The summed E-state index contributed by atoms with van der Waals surface area (Å²) in [7, 11) is 1.92. The third-order valence-electron chi connectivity index (χ3n) is 7.88. The average molecular weight is 491 g/mol. The van der Waals surface area contributed by atoms with Gasteiger partial charge >= 0.3 is 0 Å². The molecule has 3 aliphatic heterocycles. The van der Waals surface area contributed by atoms with Gasteiger partial charge in [0.1, 0.15) is 0 Å². The SMILES string of the molecule is CC(=O)N1CCc2c(c(N3CC(CO)Cc4cc(-c5cnn(C)c5)ccc43)nn2C[C@H]2CCOC2)C1. The number of aliphatic hydroxyl groups excluding tert-OH is 1. The van der Waals surface area contributed by atoms with E-state index in [2.05, 4.69) is 32.9 Å². The van der Waals surface area contributed by atoms with Crippen LogP contribution >= 0.6 is 0 Å². The van der Waals surface area contributed by atoms with Crippen molar-refractivity contribution in [3.05, 3.63) is 47.4 Å². The number of aromatic nitrogens is 4. The zero-order valence-corrected chi connectivity index (χ0v) is 21.1. The van der Waals surface area contributed by atoms with E-state index in [0.29, 0.717) is 19.0 Å². The molecule has 0 saturated carbocycles. The zero-order chi connectivity index (χ0) is 24.8. The van der Waals surface area contributed by atoms with E-state index in [9.17, 15) is 9.90 Å². The topological polar surface area (TPSA) is 88.7 Å². The molecule has 6 rings (SSSR count). The Morgan fingerprint density at radius 3 is 2.86 bits per heavy atom. The van der Waals surface area contributed by atoms with Crippen LogP contribution in [0.1, 0.15) is 30.2 Å². The summed E-state index contributed by atoms with van der Waals surface area (Å²) in [5.41, 5.74) is 6.90. The van der Waals surface area contributed by atoms with Gasteiger partial charge in [0.25, 0.3) is 0 Å². The van der Waals surface area contributed by atoms with Crippen molar-refractivity contribution in [1.29, 1.82) is 0 Å². The number of aryl methyl sites for hydroxylation is 1. The van der Waals surface area contributed by atoms with E-state index >= 15 is 0 Å². The Bertz CT molecular complexity index is 1270. The summed E-state index contributed by atoms with van der Waals surface area (Å²) < 4.78 is 9.62. The number of carbonyl (C=O) groups is 1. The molecule has 1 saturated heterocycles. The fraction of sp³-hybridized carbons (Fsp3) is 0.519. The highest BCUT2D eigenvalue weighted by molar-refractivity contribution is 5.76. The van der Waals surface area contributed by atoms with Crippen LogP contribution < -0.4 is 4.90 Å². The molecule has 3 aliphatic rings. The fourth-order valence-corrected chi connectivity index (χ4v) is 5.90. The number of amides is 1. The van der Waals surface area contributed by atoms with Gasteiger partial charge in [-0.05, 0) is 36.1 Å². The first-order valence-electron chi connectivity index (χ1n) is 12.9. The van der Waals surface area contributed by atoms with Gasteiger partial charge in [0.2, 0.25) is 5.91 Å². The third-order valence-corrected chi connectivity index (χ3v) is 7.88. The van der Waals surface area contributed by atoms with Crippen molar-refractivity contribution in [2.24, 2.45) is 18.9 Å². The predicted molar refractivity (Wildman–Crippen MR) is 136 cm³/mol. The quantitative estimate of drug-likeness (QED) is 0.591. The highest BCUT2D eigenvalue weighted by Crippen LogP contribution is 2.40. The minimum Gasteiger partial charge on any atom is -0.396 e. The predicted octanol–water partition coefficient (Wildman–Crippen LogP) is 2.53. The smallest absolute Gasteiger partial charge is 0.219 e. The van der Waals surface area contributed by atoms with E-state index in [-0.39, 0.29) is 18.4 Å². The second kappa shape index (κ2) is 9.37. The Morgan fingerprint density at radius 2 is 2.14 bits per heavy atom. The molecule has 190 valence electrons. The van der Waals surface area contributed by atoms with E-state index in [1.807, 2.05) is 29.0 Å². The molecule has 5 heterocycles. The van der Waals surface area contributed by atoms with Crippen molar-refractivity contribution < 1.29 is 14.6 Å². The highest BCUT2D eigenvalue weighted by atomic mass is 16.5. The second-order valence-corrected chi connectivity index (χ2v) is 10.5. The number of anilines is 2. The Kier molecular flexibility index (Phi) is 6.05. The van der Waals surface area contributed by atoms with E-state index in [0.717, 1.165) is 73.8 Å². The standard InChI is InChI=1S/C27H34N6O3/c1-18(35)31-7-5-26-24(15-31)27(29-33(26)13-19-6-8-36-17-19)32-12-20(16-34)9-22-10-21(3-4-25(22)32)23-11-28-30(2)14-23/h3-4,10-11,14,19-20,34H,5-9,12-13,15-17H2,1-2H3/t19-,20?/m1/s1. The lowest BCUT2D eigenvalue weighted by Crippen LogP contribution is -2.37. The van der Waals surface area contributed by atoms with Gasteiger partial charge < -0.3 is 19.6 Å². The number of rotatable bonds is 5. The third kappa shape index (κ3) is 4.20. The number of nitrogens with zero attached hydrogens (tertiary/aromatic N) is 6. The largest absolute Gasteiger partial charge is 0.396 e. The summed E-state index contributed by atoms with van der Waals surface area (Å²) in [4.78, 5) is 16.5. The number of fused-ring (bicyclic) bond motifs is 2. The summed E-state index contributed by atoms with van der Waals surface area (Å²) >= 11 is 0. The molecule has 0 spiro atoms. The minimum absolute atomic E-state index is 0.0944. The highest BCUT2D eigenvalue weighted by Gasteiger charge is 2.34. The van der Waals surface area contributed by atoms with Crippen LogP contribution in [0.3, 0.4) is 0 Å². The Balaban J connectivity index is 1.42. The first-order chi connectivity index (χ1) is 17.5. The molecule has 1 aromatic carbocycles. The van der Waals surface area contributed by atoms with Crippen LogP contribution in [0.5, 0.6) is 0 Å². The van der Waals surface area contributed by atoms with Gasteiger partial charge in [0.05, 0.1) is 19.3 Å². The molecule has 2 atom stereocenters. The van der Waals surface area contributed by atoms with Crippen LogP contribution in [0.15, 0.2) is 30.6 Å². The molecule has 1 unspecified atom stereocenters. The van der Waals surface area contributed by atoms with Crippen molar-refractivity contribution in [3.8, 4) is 11.1 Å². The van der Waals surface area contributed by atoms with E-state index in [1.165, 1.54) is 11.3 Å². The van der Waals surface area contributed by atoms with Crippen LogP contribution in [0, 0.1) is 11.8 Å². The number of benzene rings is 1. The first-order valence-corrected chi connectivity index (χ1v) is 12.9. The number of carbonyl (C=O) groups excluding carboxylic acids is 1. The maximum atomic E-state index is 12.3. The maximum Gasteiger partial charge on any atom is 0.219 e. The second-order valence-electron chi connectivity index (χ2n) is 10.5. The van der Waals surface area contributed by atoms with Crippen molar-refractivity contribution in [1.82, 2.24) is 24.5 Å². The molecule has 0 aliphatic carbocycles. The number of hydrogen-bond donors (Lipinski definition) is 1. The van der Waals surface area contributed by atoms with Crippen LogP contribution in [0.4, 0.5) is 11.5 Å². The monoisotopic (exact) mass is 490 g/mol. The van der Waals surface area contributed by atoms with E-state index < -0.39 is 0 Å². The molecule has 0 radical (unpaired) electrons.